The van der Waals surface area contributed by atoms with Gasteiger partial charge in [-0.15, -0.1) is 0 Å². The quantitative estimate of drug-likeness (QED) is 0.553. The van der Waals surface area contributed by atoms with E-state index < -0.39 is 0 Å². The highest BCUT2D eigenvalue weighted by atomic mass is 16.5. The highest BCUT2D eigenvalue weighted by Gasteiger charge is 2.34. The van der Waals surface area contributed by atoms with Gasteiger partial charge in [0.2, 0.25) is 0 Å². The zero-order valence-electron chi connectivity index (χ0n) is 17.9. The minimum Gasteiger partial charge on any atom is -0.492 e. The molecule has 1 saturated carbocycles. The highest BCUT2D eigenvalue weighted by molar-refractivity contribution is 5.26. The van der Waals surface area contributed by atoms with Crippen molar-refractivity contribution in [1.29, 1.82) is 5.26 Å². The normalized spacial score (nSPS) is 19.4. The van der Waals surface area contributed by atoms with Gasteiger partial charge in [-0.25, -0.2) is 4.98 Å². The summed E-state index contributed by atoms with van der Waals surface area (Å²) in [5.74, 6) is 3.21. The van der Waals surface area contributed by atoms with Gasteiger partial charge in [0.1, 0.15) is 17.5 Å². The molecule has 0 N–H and O–H groups in total. The van der Waals surface area contributed by atoms with E-state index in [2.05, 4.69) is 40.2 Å². The van der Waals surface area contributed by atoms with Gasteiger partial charge in [-0.3, -0.25) is 0 Å². The molecule has 2 heterocycles. The van der Waals surface area contributed by atoms with E-state index >= 15 is 0 Å². The molecule has 2 aliphatic rings. The Bertz CT molecular complexity index is 800. The van der Waals surface area contributed by atoms with E-state index in [1.54, 1.807) is 17.8 Å². The standard InChI is InChI=1S/C26H33N3O/c27-19-24-11-12-25(20-28-24)30-18-6-15-29-16-13-23(14-17-29)26(22-9-4-5-10-22)21-7-2-1-3-8-21/h1-3,7-8,11-12,20,22-23,26H,4-6,9-10,13-18H2. The first kappa shape index (κ1) is 20.9. The molecule has 1 aliphatic carbocycles. The molecule has 2 fully saturated rings. The summed E-state index contributed by atoms with van der Waals surface area (Å²) >= 11 is 0. The van der Waals surface area contributed by atoms with Gasteiger partial charge in [0.15, 0.2) is 0 Å². The third-order valence-electron chi connectivity index (χ3n) is 6.97. The Morgan fingerprint density at radius 3 is 2.40 bits per heavy atom. The van der Waals surface area contributed by atoms with Crippen molar-refractivity contribution in [3.8, 4) is 11.8 Å². The number of hydrogen-bond acceptors (Lipinski definition) is 4. The van der Waals surface area contributed by atoms with Crippen LogP contribution in [0.1, 0.15) is 62.1 Å². The predicted octanol–water partition coefficient (Wildman–Crippen LogP) is 5.41. The third kappa shape index (κ3) is 5.40. The monoisotopic (exact) mass is 403 g/mol. The lowest BCUT2D eigenvalue weighted by Gasteiger charge is -2.39. The van der Waals surface area contributed by atoms with Crippen LogP contribution < -0.4 is 4.74 Å². The van der Waals surface area contributed by atoms with Gasteiger partial charge in [-0.2, -0.15) is 5.26 Å². The Labute approximate surface area is 180 Å². The number of pyridine rings is 1. The minimum atomic E-state index is 0.427. The Balaban J connectivity index is 1.23. The lowest BCUT2D eigenvalue weighted by Crippen LogP contribution is -2.37. The fraction of sp³-hybridized carbons (Fsp3) is 0.538. The Kier molecular flexibility index (Phi) is 7.37. The number of ether oxygens (including phenoxy) is 1. The van der Waals surface area contributed by atoms with Gasteiger partial charge in [-0.1, -0.05) is 43.2 Å². The molecule has 4 rings (SSSR count). The van der Waals surface area contributed by atoms with E-state index in [-0.39, 0.29) is 0 Å². The molecular formula is C26H33N3O. The van der Waals surface area contributed by atoms with Crippen molar-refractivity contribution in [3.05, 3.63) is 59.9 Å². The van der Waals surface area contributed by atoms with E-state index in [4.69, 9.17) is 10.00 Å². The second kappa shape index (κ2) is 10.6. The van der Waals surface area contributed by atoms with Gasteiger partial charge in [0, 0.05) is 6.54 Å². The fourth-order valence-corrected chi connectivity index (χ4v) is 5.47. The summed E-state index contributed by atoms with van der Waals surface area (Å²) in [4.78, 5) is 6.66. The van der Waals surface area contributed by atoms with Crippen molar-refractivity contribution in [3.63, 3.8) is 0 Å². The number of likely N-dealkylation sites (tertiary alicyclic amines) is 1. The molecule has 158 valence electrons. The minimum absolute atomic E-state index is 0.427. The maximum absolute atomic E-state index is 8.81. The van der Waals surface area contributed by atoms with Crippen molar-refractivity contribution >= 4 is 0 Å². The average Bonchev–Trinajstić information content (AvgIpc) is 3.33. The second-order valence-corrected chi connectivity index (χ2v) is 8.85. The maximum atomic E-state index is 8.81. The van der Waals surface area contributed by atoms with Crippen LogP contribution in [0.25, 0.3) is 0 Å². The van der Waals surface area contributed by atoms with Crippen molar-refractivity contribution in [2.45, 2.75) is 50.9 Å². The summed E-state index contributed by atoms with van der Waals surface area (Å²) in [6.07, 6.45) is 11.0. The lowest BCUT2D eigenvalue weighted by atomic mass is 9.72. The van der Waals surface area contributed by atoms with Gasteiger partial charge in [-0.05, 0) is 80.6 Å². The number of benzene rings is 1. The first-order valence-corrected chi connectivity index (χ1v) is 11.6. The Morgan fingerprint density at radius 2 is 1.73 bits per heavy atom. The van der Waals surface area contributed by atoms with Crippen LogP contribution >= 0.6 is 0 Å². The first-order chi connectivity index (χ1) is 14.8. The van der Waals surface area contributed by atoms with E-state index in [9.17, 15) is 0 Å². The van der Waals surface area contributed by atoms with Gasteiger partial charge in [0.25, 0.3) is 0 Å². The number of rotatable bonds is 8. The molecule has 1 unspecified atom stereocenters. The second-order valence-electron chi connectivity index (χ2n) is 8.85. The van der Waals surface area contributed by atoms with Crippen LogP contribution in [-0.2, 0) is 0 Å². The van der Waals surface area contributed by atoms with Crippen molar-refractivity contribution in [2.75, 3.05) is 26.2 Å². The van der Waals surface area contributed by atoms with Gasteiger partial charge >= 0.3 is 0 Å². The molecule has 4 heteroatoms. The van der Waals surface area contributed by atoms with Gasteiger partial charge < -0.3 is 9.64 Å². The smallest absolute Gasteiger partial charge is 0.140 e. The molecule has 1 aromatic heterocycles. The summed E-state index contributed by atoms with van der Waals surface area (Å²) < 4.78 is 5.78. The van der Waals surface area contributed by atoms with Gasteiger partial charge in [0.05, 0.1) is 12.8 Å². The summed E-state index contributed by atoms with van der Waals surface area (Å²) in [5, 5.41) is 8.81. The molecule has 1 atom stereocenters. The molecular weight excluding hydrogens is 370 g/mol. The van der Waals surface area contributed by atoms with E-state index in [0.717, 1.165) is 36.5 Å². The molecule has 2 aromatic rings. The molecule has 4 nitrogen and oxygen atoms in total. The Hall–Kier alpha value is -2.38. The van der Waals surface area contributed by atoms with Crippen molar-refractivity contribution in [1.82, 2.24) is 9.88 Å². The maximum Gasteiger partial charge on any atom is 0.140 e. The number of nitriles is 1. The molecule has 0 spiro atoms. The predicted molar refractivity (Wildman–Crippen MR) is 119 cm³/mol. The lowest BCUT2D eigenvalue weighted by molar-refractivity contribution is 0.142. The van der Waals surface area contributed by atoms with Crippen LogP contribution in [0.4, 0.5) is 0 Å². The number of piperidine rings is 1. The fourth-order valence-electron chi connectivity index (χ4n) is 5.47. The molecule has 1 aliphatic heterocycles. The first-order valence-electron chi connectivity index (χ1n) is 11.6. The topological polar surface area (TPSA) is 49.1 Å². The van der Waals surface area contributed by atoms with Crippen LogP contribution in [0.2, 0.25) is 0 Å². The SMILES string of the molecule is N#Cc1ccc(OCCCN2CCC(C(c3ccccc3)C3CCCC3)CC2)cn1. The summed E-state index contributed by atoms with van der Waals surface area (Å²) in [7, 11) is 0. The van der Waals surface area contributed by atoms with Crippen LogP contribution in [0.3, 0.4) is 0 Å². The van der Waals surface area contributed by atoms with Crippen LogP contribution in [0, 0.1) is 23.2 Å². The third-order valence-corrected chi connectivity index (χ3v) is 6.97. The highest BCUT2D eigenvalue weighted by Crippen LogP contribution is 2.45. The van der Waals surface area contributed by atoms with Crippen LogP contribution in [-0.4, -0.2) is 36.1 Å². The van der Waals surface area contributed by atoms with Crippen LogP contribution in [0.5, 0.6) is 5.75 Å². The number of aromatic nitrogens is 1. The Morgan fingerprint density at radius 1 is 1.00 bits per heavy atom. The van der Waals surface area contributed by atoms with Crippen LogP contribution in [0.15, 0.2) is 48.7 Å². The van der Waals surface area contributed by atoms with Crippen molar-refractivity contribution < 1.29 is 4.74 Å². The molecule has 0 bridgehead atoms. The molecule has 1 aromatic carbocycles. The summed E-state index contributed by atoms with van der Waals surface area (Å²) in [6.45, 7) is 4.20. The summed E-state index contributed by atoms with van der Waals surface area (Å²) in [6, 6.07) is 16.9. The molecule has 1 saturated heterocycles. The zero-order chi connectivity index (χ0) is 20.6. The summed E-state index contributed by atoms with van der Waals surface area (Å²) in [5.41, 5.74) is 2.00. The number of nitrogens with zero attached hydrogens (tertiary/aromatic N) is 3. The zero-order valence-corrected chi connectivity index (χ0v) is 17.9. The van der Waals surface area contributed by atoms with E-state index in [0.29, 0.717) is 12.3 Å². The average molecular weight is 404 g/mol. The van der Waals surface area contributed by atoms with E-state index in [1.807, 2.05) is 12.1 Å². The largest absolute Gasteiger partial charge is 0.492 e. The van der Waals surface area contributed by atoms with E-state index in [1.165, 1.54) is 51.6 Å². The molecule has 0 amide bonds. The number of hydrogen-bond donors (Lipinski definition) is 0. The molecule has 0 radical (unpaired) electrons. The molecule has 30 heavy (non-hydrogen) atoms. The van der Waals surface area contributed by atoms with Crippen molar-refractivity contribution in [2.24, 2.45) is 11.8 Å².